The molecule has 8 heteroatoms. The number of hydrogen-bond acceptors (Lipinski definition) is 5. The molecule has 0 radical (unpaired) electrons. The van der Waals surface area contributed by atoms with Crippen molar-refractivity contribution in [3.63, 3.8) is 0 Å². The standard InChI is InChI=1S/C15H15N3O4S/c19-15(17-20)14-7-3-4-8-18(14)23(21,22)12-9-11-5-1-2-6-13(11)16-10-12/h1-6,9-10,14,20H,7-8H2,(H,17,19)/t14-/m1/s1. The van der Waals surface area contributed by atoms with Crippen LogP contribution in [0.1, 0.15) is 6.42 Å². The molecule has 1 amide bonds. The van der Waals surface area contributed by atoms with E-state index >= 15 is 0 Å². The van der Waals surface area contributed by atoms with E-state index < -0.39 is 22.0 Å². The van der Waals surface area contributed by atoms with Crippen molar-refractivity contribution in [3.8, 4) is 0 Å². The van der Waals surface area contributed by atoms with E-state index in [1.165, 1.54) is 17.7 Å². The van der Waals surface area contributed by atoms with Gasteiger partial charge in [0.05, 0.1) is 5.52 Å². The molecule has 1 aromatic heterocycles. The van der Waals surface area contributed by atoms with E-state index in [2.05, 4.69) is 4.98 Å². The molecule has 120 valence electrons. The largest absolute Gasteiger partial charge is 0.289 e. The van der Waals surface area contributed by atoms with Crippen molar-refractivity contribution in [2.45, 2.75) is 17.4 Å². The number of benzene rings is 1. The number of amides is 1. The van der Waals surface area contributed by atoms with Crippen LogP contribution in [0.2, 0.25) is 0 Å². The first-order valence-electron chi connectivity index (χ1n) is 6.99. The second kappa shape index (κ2) is 6.07. The highest BCUT2D eigenvalue weighted by atomic mass is 32.2. The van der Waals surface area contributed by atoms with Crippen LogP contribution in [-0.2, 0) is 14.8 Å². The Morgan fingerprint density at radius 1 is 1.30 bits per heavy atom. The lowest BCUT2D eigenvalue weighted by atomic mass is 10.1. The van der Waals surface area contributed by atoms with Crippen LogP contribution in [0.3, 0.4) is 0 Å². The van der Waals surface area contributed by atoms with E-state index in [0.29, 0.717) is 10.9 Å². The lowest BCUT2D eigenvalue weighted by Gasteiger charge is -2.30. The summed E-state index contributed by atoms with van der Waals surface area (Å²) in [6, 6.07) is 7.73. The number of aromatic nitrogens is 1. The number of nitrogens with one attached hydrogen (secondary N) is 1. The summed E-state index contributed by atoms with van der Waals surface area (Å²) in [4.78, 5) is 15.9. The van der Waals surface area contributed by atoms with Gasteiger partial charge in [-0.1, -0.05) is 30.4 Å². The minimum absolute atomic E-state index is 0.0160. The highest BCUT2D eigenvalue weighted by molar-refractivity contribution is 7.89. The first-order valence-corrected chi connectivity index (χ1v) is 8.43. The molecule has 1 aliphatic heterocycles. The normalized spacial score (nSPS) is 18.9. The number of hydrogen-bond donors (Lipinski definition) is 2. The summed E-state index contributed by atoms with van der Waals surface area (Å²) in [7, 11) is -3.91. The zero-order chi connectivity index (χ0) is 16.4. The van der Waals surface area contributed by atoms with Gasteiger partial charge in [-0.25, -0.2) is 13.9 Å². The molecule has 1 atom stereocenters. The highest BCUT2D eigenvalue weighted by Crippen LogP contribution is 2.24. The summed E-state index contributed by atoms with van der Waals surface area (Å²) in [5.74, 6) is -0.758. The van der Waals surface area contributed by atoms with E-state index in [4.69, 9.17) is 5.21 Å². The molecule has 2 N–H and O–H groups in total. The van der Waals surface area contributed by atoms with Gasteiger partial charge in [0.2, 0.25) is 10.0 Å². The molecule has 0 unspecified atom stereocenters. The fraction of sp³-hybridized carbons (Fsp3) is 0.200. The third-order valence-corrected chi connectivity index (χ3v) is 5.58. The molecule has 1 aromatic carbocycles. The Balaban J connectivity index is 2.04. The van der Waals surface area contributed by atoms with Crippen LogP contribution in [0.15, 0.2) is 53.6 Å². The van der Waals surface area contributed by atoms with Crippen molar-refractivity contribution in [3.05, 3.63) is 48.7 Å². The Kier molecular flexibility index (Phi) is 4.12. The highest BCUT2D eigenvalue weighted by Gasteiger charge is 2.36. The van der Waals surface area contributed by atoms with Gasteiger partial charge in [0.25, 0.3) is 5.91 Å². The van der Waals surface area contributed by atoms with E-state index in [1.54, 1.807) is 30.4 Å². The van der Waals surface area contributed by atoms with E-state index in [9.17, 15) is 13.2 Å². The fourth-order valence-electron chi connectivity index (χ4n) is 2.55. The molecule has 0 fully saturated rings. The third-order valence-electron chi connectivity index (χ3n) is 3.74. The van der Waals surface area contributed by atoms with Gasteiger partial charge in [-0.3, -0.25) is 15.0 Å². The number of hydroxylamine groups is 1. The number of carbonyl (C=O) groups is 1. The Labute approximate surface area is 133 Å². The zero-order valence-electron chi connectivity index (χ0n) is 12.1. The SMILES string of the molecule is O=C(NO)[C@H]1CC=CCN1S(=O)(=O)c1cnc2ccccc2c1. The van der Waals surface area contributed by atoms with Crippen LogP contribution in [0, 0.1) is 0 Å². The number of pyridine rings is 1. The molecule has 3 rings (SSSR count). The van der Waals surface area contributed by atoms with Crippen molar-refractivity contribution >= 4 is 26.8 Å². The maximum atomic E-state index is 12.9. The maximum absolute atomic E-state index is 12.9. The lowest BCUT2D eigenvalue weighted by molar-refractivity contribution is -0.133. The van der Waals surface area contributed by atoms with E-state index in [-0.39, 0.29) is 17.9 Å². The second-order valence-corrected chi connectivity index (χ2v) is 7.03. The van der Waals surface area contributed by atoms with Gasteiger partial charge in [-0.2, -0.15) is 4.31 Å². The summed E-state index contributed by atoms with van der Waals surface area (Å²) in [5, 5.41) is 9.52. The maximum Gasteiger partial charge on any atom is 0.262 e. The van der Waals surface area contributed by atoms with Crippen LogP contribution < -0.4 is 5.48 Å². The molecule has 1 aliphatic rings. The first-order chi connectivity index (χ1) is 11.0. The zero-order valence-corrected chi connectivity index (χ0v) is 12.9. The molecular weight excluding hydrogens is 318 g/mol. The average Bonchev–Trinajstić information content (AvgIpc) is 2.60. The molecular formula is C15H15N3O4S. The van der Waals surface area contributed by atoms with Crippen LogP contribution >= 0.6 is 0 Å². The average molecular weight is 333 g/mol. The monoisotopic (exact) mass is 333 g/mol. The molecule has 2 heterocycles. The van der Waals surface area contributed by atoms with Gasteiger partial charge >= 0.3 is 0 Å². The van der Waals surface area contributed by atoms with Crippen molar-refractivity contribution in [1.29, 1.82) is 0 Å². The Morgan fingerprint density at radius 3 is 2.87 bits per heavy atom. The lowest BCUT2D eigenvalue weighted by Crippen LogP contribution is -2.50. The van der Waals surface area contributed by atoms with Crippen LogP contribution in [0.4, 0.5) is 0 Å². The second-order valence-electron chi connectivity index (χ2n) is 5.14. The summed E-state index contributed by atoms with van der Waals surface area (Å²) in [6.07, 6.45) is 4.87. The van der Waals surface area contributed by atoms with Crippen molar-refractivity contribution in [2.75, 3.05) is 6.54 Å². The minimum Gasteiger partial charge on any atom is -0.289 e. The van der Waals surface area contributed by atoms with Crippen molar-refractivity contribution in [2.24, 2.45) is 0 Å². The summed E-state index contributed by atoms with van der Waals surface area (Å²) >= 11 is 0. The molecule has 0 spiro atoms. The molecule has 0 aliphatic carbocycles. The number of fused-ring (bicyclic) bond motifs is 1. The van der Waals surface area contributed by atoms with Gasteiger partial charge in [-0.15, -0.1) is 0 Å². The minimum atomic E-state index is -3.91. The number of rotatable bonds is 3. The first kappa shape index (κ1) is 15.6. The van der Waals surface area contributed by atoms with Crippen LogP contribution in [0.25, 0.3) is 10.9 Å². The predicted octanol–water partition coefficient (Wildman–Crippen LogP) is 1.06. The molecule has 0 saturated heterocycles. The number of para-hydroxylation sites is 1. The van der Waals surface area contributed by atoms with Crippen molar-refractivity contribution in [1.82, 2.24) is 14.8 Å². The van der Waals surface area contributed by atoms with Crippen LogP contribution in [0.5, 0.6) is 0 Å². The number of nitrogens with zero attached hydrogens (tertiary/aromatic N) is 2. The van der Waals surface area contributed by atoms with E-state index in [1.807, 2.05) is 6.07 Å². The van der Waals surface area contributed by atoms with Crippen molar-refractivity contribution < 1.29 is 18.4 Å². The molecule has 23 heavy (non-hydrogen) atoms. The van der Waals surface area contributed by atoms with Gasteiger partial charge in [0, 0.05) is 18.1 Å². The van der Waals surface area contributed by atoms with Gasteiger partial charge < -0.3 is 0 Å². The topological polar surface area (TPSA) is 99.6 Å². The van der Waals surface area contributed by atoms with Crippen LogP contribution in [-0.4, -0.2) is 41.4 Å². The molecule has 0 saturated carbocycles. The quantitative estimate of drug-likeness (QED) is 0.497. The predicted molar refractivity (Wildman–Crippen MR) is 83.1 cm³/mol. The van der Waals surface area contributed by atoms with Gasteiger partial charge in [0.15, 0.2) is 0 Å². The summed E-state index contributed by atoms with van der Waals surface area (Å²) in [6.45, 7) is 0.0627. The van der Waals surface area contributed by atoms with Gasteiger partial charge in [0.1, 0.15) is 10.9 Å². The summed E-state index contributed by atoms with van der Waals surface area (Å²) in [5.41, 5.74) is 2.21. The Bertz CT molecular complexity index is 879. The Morgan fingerprint density at radius 2 is 2.09 bits per heavy atom. The number of sulfonamides is 1. The third kappa shape index (κ3) is 2.83. The molecule has 7 nitrogen and oxygen atoms in total. The summed E-state index contributed by atoms with van der Waals surface area (Å²) < 4.78 is 26.8. The fourth-order valence-corrected chi connectivity index (χ4v) is 4.09. The number of carbonyl (C=O) groups excluding carboxylic acids is 1. The molecule has 0 bridgehead atoms. The van der Waals surface area contributed by atoms with E-state index in [0.717, 1.165) is 4.31 Å². The Hall–Kier alpha value is -2.29. The smallest absolute Gasteiger partial charge is 0.262 e. The van der Waals surface area contributed by atoms with Gasteiger partial charge in [-0.05, 0) is 18.6 Å². The molecule has 2 aromatic rings.